The van der Waals surface area contributed by atoms with E-state index in [2.05, 4.69) is 4.98 Å². The molecule has 0 saturated carbocycles. The maximum absolute atomic E-state index is 11.1. The molecule has 0 fully saturated rings. The second-order valence-corrected chi connectivity index (χ2v) is 3.72. The predicted octanol–water partition coefficient (Wildman–Crippen LogP) is 2.09. The molecule has 0 saturated heterocycles. The van der Waals surface area contributed by atoms with Gasteiger partial charge in [0.15, 0.2) is 0 Å². The molecule has 0 bridgehead atoms. The summed E-state index contributed by atoms with van der Waals surface area (Å²) in [5.41, 5.74) is 1.86. The molecule has 0 aliphatic carbocycles. The van der Waals surface area contributed by atoms with Crippen LogP contribution in [-0.4, -0.2) is 20.6 Å². The van der Waals surface area contributed by atoms with Crippen LogP contribution in [0, 0.1) is 6.92 Å². The predicted molar refractivity (Wildman–Crippen MR) is 60.3 cm³/mol. The van der Waals surface area contributed by atoms with Crippen LogP contribution in [0.25, 0.3) is 11.4 Å². The van der Waals surface area contributed by atoms with Crippen LogP contribution in [0.15, 0.2) is 30.6 Å². The molecule has 4 heteroatoms. The molecule has 1 N–H and O–H groups in total. The van der Waals surface area contributed by atoms with E-state index in [-0.39, 0.29) is 5.56 Å². The van der Waals surface area contributed by atoms with E-state index in [9.17, 15) is 4.79 Å². The Morgan fingerprint density at radius 1 is 1.44 bits per heavy atom. The van der Waals surface area contributed by atoms with E-state index < -0.39 is 5.97 Å². The number of nitrogens with zero attached hydrogens (tertiary/aromatic N) is 2. The highest BCUT2D eigenvalue weighted by Crippen LogP contribution is 2.22. The van der Waals surface area contributed by atoms with Crippen molar-refractivity contribution in [1.29, 1.82) is 0 Å². The Balaban J connectivity index is 2.65. The highest BCUT2D eigenvalue weighted by atomic mass is 16.4. The Kier molecular flexibility index (Phi) is 2.48. The number of imidazole rings is 1. The molecular weight excluding hydrogens is 204 g/mol. The highest BCUT2D eigenvalue weighted by molar-refractivity contribution is 5.95. The lowest BCUT2D eigenvalue weighted by Crippen LogP contribution is -2.03. The molecule has 0 aliphatic heterocycles. The zero-order valence-electron chi connectivity index (χ0n) is 9.14. The number of carbonyl (C=O) groups is 1. The molecular formula is C12H12N2O2. The number of rotatable bonds is 2. The van der Waals surface area contributed by atoms with Gasteiger partial charge < -0.3 is 9.67 Å². The van der Waals surface area contributed by atoms with Crippen LogP contribution in [0.4, 0.5) is 0 Å². The molecule has 2 rings (SSSR count). The van der Waals surface area contributed by atoms with Crippen molar-refractivity contribution < 1.29 is 9.90 Å². The Labute approximate surface area is 93.2 Å². The lowest BCUT2D eigenvalue weighted by Gasteiger charge is -2.06. The molecule has 1 aromatic heterocycles. The molecule has 82 valence electrons. The Morgan fingerprint density at radius 2 is 2.19 bits per heavy atom. The van der Waals surface area contributed by atoms with Crippen molar-refractivity contribution in [3.8, 4) is 11.4 Å². The molecule has 1 heterocycles. The number of benzene rings is 1. The SMILES string of the molecule is Cc1ccc(-c2nccn2C)c(C(=O)O)c1. The van der Waals surface area contributed by atoms with Crippen molar-refractivity contribution in [2.75, 3.05) is 0 Å². The molecule has 0 atom stereocenters. The summed E-state index contributed by atoms with van der Waals surface area (Å²) in [6.07, 6.45) is 3.45. The summed E-state index contributed by atoms with van der Waals surface area (Å²) in [5, 5.41) is 9.14. The van der Waals surface area contributed by atoms with E-state index in [4.69, 9.17) is 5.11 Å². The molecule has 1 aromatic carbocycles. The molecule has 0 unspecified atom stereocenters. The molecule has 2 aromatic rings. The average molecular weight is 216 g/mol. The number of hydrogen-bond donors (Lipinski definition) is 1. The van der Waals surface area contributed by atoms with Gasteiger partial charge in [-0.3, -0.25) is 0 Å². The number of hydrogen-bond acceptors (Lipinski definition) is 2. The van der Waals surface area contributed by atoms with Gasteiger partial charge in [0, 0.05) is 25.0 Å². The summed E-state index contributed by atoms with van der Waals surface area (Å²) in [6.45, 7) is 1.87. The van der Waals surface area contributed by atoms with Gasteiger partial charge in [0.1, 0.15) is 5.82 Å². The van der Waals surface area contributed by atoms with Crippen molar-refractivity contribution in [3.05, 3.63) is 41.7 Å². The van der Waals surface area contributed by atoms with Crippen molar-refractivity contribution in [3.63, 3.8) is 0 Å². The van der Waals surface area contributed by atoms with Crippen molar-refractivity contribution in [1.82, 2.24) is 9.55 Å². The van der Waals surface area contributed by atoms with Gasteiger partial charge in [-0.15, -0.1) is 0 Å². The summed E-state index contributed by atoms with van der Waals surface area (Å²) in [5.74, 6) is -0.265. The van der Waals surface area contributed by atoms with E-state index in [0.717, 1.165) is 5.56 Å². The third-order valence-electron chi connectivity index (χ3n) is 2.47. The van der Waals surface area contributed by atoms with Crippen molar-refractivity contribution in [2.24, 2.45) is 7.05 Å². The summed E-state index contributed by atoms with van der Waals surface area (Å²) in [4.78, 5) is 15.3. The summed E-state index contributed by atoms with van der Waals surface area (Å²) in [7, 11) is 1.84. The minimum atomic E-state index is -0.929. The van der Waals surface area contributed by atoms with Crippen LogP contribution in [-0.2, 0) is 7.05 Å². The minimum absolute atomic E-state index is 0.286. The maximum atomic E-state index is 11.1. The standard InChI is InChI=1S/C12H12N2O2/c1-8-3-4-9(10(7-8)12(15)16)11-13-5-6-14(11)2/h3-7H,1-2H3,(H,15,16). The fourth-order valence-corrected chi connectivity index (χ4v) is 1.66. The van der Waals surface area contributed by atoms with Crippen LogP contribution < -0.4 is 0 Å². The molecule has 16 heavy (non-hydrogen) atoms. The van der Waals surface area contributed by atoms with Gasteiger partial charge in [-0.25, -0.2) is 9.78 Å². The Bertz CT molecular complexity index is 544. The third kappa shape index (κ3) is 1.69. The lowest BCUT2D eigenvalue weighted by molar-refractivity contribution is 0.0697. The number of carboxylic acid groups (broad SMARTS) is 1. The summed E-state index contributed by atoms with van der Waals surface area (Å²) in [6, 6.07) is 5.34. The van der Waals surface area contributed by atoms with E-state index in [1.165, 1.54) is 0 Å². The normalized spacial score (nSPS) is 10.4. The number of aromatic carboxylic acids is 1. The van der Waals surface area contributed by atoms with Gasteiger partial charge in [-0.2, -0.15) is 0 Å². The topological polar surface area (TPSA) is 55.1 Å². The zero-order chi connectivity index (χ0) is 11.7. The first-order chi connectivity index (χ1) is 7.59. The van der Waals surface area contributed by atoms with Gasteiger partial charge in [-0.05, 0) is 13.0 Å². The monoisotopic (exact) mass is 216 g/mol. The molecule has 0 radical (unpaired) electrons. The second kappa shape index (κ2) is 3.81. The first-order valence-electron chi connectivity index (χ1n) is 4.91. The van der Waals surface area contributed by atoms with Crippen molar-refractivity contribution >= 4 is 5.97 Å². The molecule has 4 nitrogen and oxygen atoms in total. The maximum Gasteiger partial charge on any atom is 0.336 e. The van der Waals surface area contributed by atoms with E-state index >= 15 is 0 Å². The molecule has 0 amide bonds. The highest BCUT2D eigenvalue weighted by Gasteiger charge is 2.14. The molecule has 0 spiro atoms. The minimum Gasteiger partial charge on any atom is -0.478 e. The average Bonchev–Trinajstić information content (AvgIpc) is 2.64. The van der Waals surface area contributed by atoms with Gasteiger partial charge in [0.2, 0.25) is 0 Å². The first-order valence-corrected chi connectivity index (χ1v) is 4.91. The third-order valence-corrected chi connectivity index (χ3v) is 2.47. The quantitative estimate of drug-likeness (QED) is 0.836. The summed E-state index contributed by atoms with van der Waals surface area (Å²) < 4.78 is 1.80. The van der Waals surface area contributed by atoms with Gasteiger partial charge in [-0.1, -0.05) is 17.7 Å². The van der Waals surface area contributed by atoms with Crippen LogP contribution >= 0.6 is 0 Å². The fraction of sp³-hybridized carbons (Fsp3) is 0.167. The number of aryl methyl sites for hydroxylation is 2. The van der Waals surface area contributed by atoms with Gasteiger partial charge in [0.25, 0.3) is 0 Å². The number of aromatic nitrogens is 2. The first kappa shape index (κ1) is 10.4. The van der Waals surface area contributed by atoms with Gasteiger partial charge in [0.05, 0.1) is 5.56 Å². The summed E-state index contributed by atoms with van der Waals surface area (Å²) >= 11 is 0. The number of carboxylic acids is 1. The van der Waals surface area contributed by atoms with Crippen LogP contribution in [0.2, 0.25) is 0 Å². The second-order valence-electron chi connectivity index (χ2n) is 3.72. The van der Waals surface area contributed by atoms with E-state index in [1.54, 1.807) is 29.1 Å². The van der Waals surface area contributed by atoms with Crippen LogP contribution in [0.5, 0.6) is 0 Å². The van der Waals surface area contributed by atoms with E-state index in [0.29, 0.717) is 11.4 Å². The Morgan fingerprint density at radius 3 is 2.75 bits per heavy atom. The van der Waals surface area contributed by atoms with E-state index in [1.807, 2.05) is 20.0 Å². The van der Waals surface area contributed by atoms with Crippen molar-refractivity contribution in [2.45, 2.75) is 6.92 Å². The van der Waals surface area contributed by atoms with Crippen LogP contribution in [0.1, 0.15) is 15.9 Å². The molecule has 0 aliphatic rings. The largest absolute Gasteiger partial charge is 0.478 e. The lowest BCUT2D eigenvalue weighted by atomic mass is 10.0. The Hall–Kier alpha value is -2.10. The fourth-order valence-electron chi connectivity index (χ4n) is 1.66. The van der Waals surface area contributed by atoms with Gasteiger partial charge >= 0.3 is 5.97 Å². The zero-order valence-corrected chi connectivity index (χ0v) is 9.14. The van der Waals surface area contributed by atoms with Crippen LogP contribution in [0.3, 0.4) is 0 Å². The smallest absolute Gasteiger partial charge is 0.336 e.